The fourth-order valence-electron chi connectivity index (χ4n) is 3.04. The van der Waals surface area contributed by atoms with Crippen LogP contribution in [-0.4, -0.2) is 64.8 Å². The molecule has 0 bridgehead atoms. The molecule has 3 aromatic carbocycles. The molecule has 4 N–H and O–H groups in total. The van der Waals surface area contributed by atoms with Gasteiger partial charge in [0.25, 0.3) is 20.2 Å². The van der Waals surface area contributed by atoms with Crippen molar-refractivity contribution in [2.75, 3.05) is 12.4 Å². The molecule has 0 spiro atoms. The average molecular weight is 597 g/mol. The van der Waals surface area contributed by atoms with Gasteiger partial charge < -0.3 is 5.11 Å². The first-order chi connectivity index (χ1) is 16.9. The molecule has 0 fully saturated rings. The first kappa shape index (κ1) is 28.5. The van der Waals surface area contributed by atoms with E-state index in [-0.39, 0.29) is 10.8 Å². The number of phenolic OH excluding ortho intramolecular Hbond substituents is 1. The lowest BCUT2D eigenvalue weighted by atomic mass is 10.1. The molecule has 0 radical (unpaired) electrons. The van der Waals surface area contributed by atoms with Gasteiger partial charge in [-0.15, -0.1) is 10.2 Å². The van der Waals surface area contributed by atoms with Crippen molar-refractivity contribution in [3.8, 4) is 5.75 Å². The number of azo groups is 1. The quantitative estimate of drug-likeness (QED) is 0.204. The molecule has 0 unspecified atom stereocenters. The predicted octanol–water partition coefficient (Wildman–Crippen LogP) is 2.05. The summed E-state index contributed by atoms with van der Waals surface area (Å²) in [7, 11) is -19.4. The van der Waals surface area contributed by atoms with Gasteiger partial charge in [0, 0.05) is 5.39 Å². The van der Waals surface area contributed by atoms with Gasteiger partial charge in [0.1, 0.15) is 21.2 Å². The molecule has 0 amide bonds. The minimum absolute atomic E-state index is 0.0778. The zero-order valence-electron chi connectivity index (χ0n) is 18.0. The van der Waals surface area contributed by atoms with E-state index < -0.39 is 84.6 Å². The van der Waals surface area contributed by atoms with Crippen LogP contribution in [0.1, 0.15) is 0 Å². The molecule has 3 aromatic rings. The lowest BCUT2D eigenvalue weighted by Gasteiger charge is -2.09. The average Bonchev–Trinajstić information content (AvgIpc) is 2.76. The molecule has 0 atom stereocenters. The van der Waals surface area contributed by atoms with Crippen LogP contribution in [0, 0.1) is 0 Å². The van der Waals surface area contributed by atoms with Crippen LogP contribution in [0.5, 0.6) is 5.75 Å². The van der Waals surface area contributed by atoms with Crippen molar-refractivity contribution in [1.82, 2.24) is 0 Å². The molecule has 0 aliphatic heterocycles. The third-order valence-corrected chi connectivity index (χ3v) is 8.56. The Labute approximate surface area is 210 Å². The molecule has 0 aliphatic rings. The van der Waals surface area contributed by atoms with Gasteiger partial charge in [-0.2, -0.15) is 25.3 Å². The number of fused-ring (bicyclic) bond motifs is 1. The van der Waals surface area contributed by atoms with Gasteiger partial charge in [-0.05, 0) is 29.7 Å². The van der Waals surface area contributed by atoms with Gasteiger partial charge in [0.15, 0.2) is 15.6 Å². The van der Waals surface area contributed by atoms with Crippen LogP contribution in [0.15, 0.2) is 73.4 Å². The number of hydrogen-bond donors (Lipinski definition) is 4. The van der Waals surface area contributed by atoms with E-state index in [1.165, 1.54) is 24.3 Å². The van der Waals surface area contributed by atoms with Crippen LogP contribution in [0.2, 0.25) is 0 Å². The number of aromatic hydroxyl groups is 1. The molecule has 3 rings (SSSR count). The Balaban J connectivity index is 2.18. The molecule has 0 saturated carbocycles. The third-order valence-electron chi connectivity index (χ3n) is 4.65. The van der Waals surface area contributed by atoms with Crippen LogP contribution >= 0.6 is 0 Å². The fourth-order valence-corrected chi connectivity index (χ4v) is 5.81. The Bertz CT molecular complexity index is 1850. The number of sulfone groups is 1. The van der Waals surface area contributed by atoms with E-state index in [0.717, 1.165) is 12.1 Å². The van der Waals surface area contributed by atoms with E-state index in [2.05, 4.69) is 14.4 Å². The van der Waals surface area contributed by atoms with Crippen molar-refractivity contribution in [3.05, 3.63) is 48.5 Å². The summed E-state index contributed by atoms with van der Waals surface area (Å²) in [5.41, 5.74) is -1.65. The number of benzene rings is 3. The second-order valence-corrected chi connectivity index (χ2v) is 13.1. The first-order valence-corrected chi connectivity index (χ1v) is 15.4. The molecule has 0 aromatic heterocycles. The Morgan fingerprint density at radius 2 is 1.38 bits per heavy atom. The minimum atomic E-state index is -5.04. The minimum Gasteiger partial charge on any atom is -0.505 e. The molecule has 19 heteroatoms. The van der Waals surface area contributed by atoms with E-state index in [1.807, 2.05) is 0 Å². The van der Waals surface area contributed by atoms with Gasteiger partial charge in [-0.3, -0.25) is 13.7 Å². The lowest BCUT2D eigenvalue weighted by molar-refractivity contribution is 0.284. The van der Waals surface area contributed by atoms with E-state index >= 15 is 0 Å². The molecule has 15 nitrogen and oxygen atoms in total. The second-order valence-electron chi connectivity index (χ2n) is 7.14. The first-order valence-electron chi connectivity index (χ1n) is 9.50. The predicted molar refractivity (Wildman–Crippen MR) is 125 cm³/mol. The number of rotatable bonds is 9. The molecule has 37 heavy (non-hydrogen) atoms. The summed E-state index contributed by atoms with van der Waals surface area (Å²) in [6.07, 6.45) is 0. The second kappa shape index (κ2) is 10.0. The van der Waals surface area contributed by atoms with E-state index in [9.17, 15) is 47.9 Å². The SMILES string of the molecule is O=S(=O)(O)OCCS(=O)(=O)c1ccc(S(=O)(=O)O)c(N=Nc2c(S(=O)(=O)O)cc3ccccc3c2O)c1. The van der Waals surface area contributed by atoms with Crippen molar-refractivity contribution < 1.29 is 56.6 Å². The van der Waals surface area contributed by atoms with Gasteiger partial charge in [0.05, 0.1) is 17.3 Å². The maximum absolute atomic E-state index is 12.5. The number of hydrogen-bond acceptors (Lipinski definition) is 12. The molecule has 0 aliphatic carbocycles. The Morgan fingerprint density at radius 1 is 0.757 bits per heavy atom. The maximum atomic E-state index is 12.5. The summed E-state index contributed by atoms with van der Waals surface area (Å²) in [6, 6.07) is 8.74. The highest BCUT2D eigenvalue weighted by atomic mass is 32.3. The standard InChI is InChI=1S/C18H16N2O13S4/c21-18-13-4-2-1-3-11(13)9-16(36(27,28)29)17(18)20-19-14-10-12(5-6-15(14)35(24,25)26)34(22,23)8-7-33-37(30,31)32/h1-6,9-10,21H,7-8H2,(H,24,25,26)(H,27,28,29)(H,30,31,32). The summed E-state index contributed by atoms with van der Waals surface area (Å²) in [5, 5.41) is 17.8. The highest BCUT2D eigenvalue weighted by Crippen LogP contribution is 2.41. The zero-order valence-corrected chi connectivity index (χ0v) is 21.3. The van der Waals surface area contributed by atoms with Crippen molar-refractivity contribution >= 4 is 62.6 Å². The fraction of sp³-hybridized carbons (Fsp3) is 0.111. The summed E-state index contributed by atoms with van der Waals surface area (Å²) in [6.45, 7) is -0.999. The van der Waals surface area contributed by atoms with Crippen molar-refractivity contribution in [3.63, 3.8) is 0 Å². The topological polar surface area (TPSA) is 251 Å². The van der Waals surface area contributed by atoms with E-state index in [1.54, 1.807) is 0 Å². The summed E-state index contributed by atoms with van der Waals surface area (Å²) in [5.74, 6) is -1.76. The number of phenols is 1. The molecular formula is C18H16N2O13S4. The smallest absolute Gasteiger partial charge is 0.397 e. The van der Waals surface area contributed by atoms with Crippen molar-refractivity contribution in [2.45, 2.75) is 14.7 Å². The molecule has 0 saturated heterocycles. The molecular weight excluding hydrogens is 580 g/mol. The summed E-state index contributed by atoms with van der Waals surface area (Å²) < 4.78 is 125. The van der Waals surface area contributed by atoms with Crippen LogP contribution in [0.25, 0.3) is 10.8 Å². The molecule has 200 valence electrons. The Morgan fingerprint density at radius 3 is 1.97 bits per heavy atom. The van der Waals surface area contributed by atoms with Crippen LogP contribution in [-0.2, 0) is 44.7 Å². The Kier molecular flexibility index (Phi) is 7.73. The largest absolute Gasteiger partial charge is 0.505 e. The normalized spacial score (nSPS) is 13.4. The zero-order chi connectivity index (χ0) is 27.8. The van der Waals surface area contributed by atoms with Gasteiger partial charge >= 0.3 is 10.4 Å². The van der Waals surface area contributed by atoms with Gasteiger partial charge in [-0.25, -0.2) is 12.6 Å². The number of nitrogens with zero attached hydrogens (tertiary/aromatic N) is 2. The van der Waals surface area contributed by atoms with Crippen molar-refractivity contribution in [1.29, 1.82) is 0 Å². The highest BCUT2D eigenvalue weighted by molar-refractivity contribution is 7.91. The summed E-state index contributed by atoms with van der Waals surface area (Å²) in [4.78, 5) is -2.52. The van der Waals surface area contributed by atoms with E-state index in [4.69, 9.17) is 4.55 Å². The maximum Gasteiger partial charge on any atom is 0.397 e. The third kappa shape index (κ3) is 6.84. The highest BCUT2D eigenvalue weighted by Gasteiger charge is 2.24. The van der Waals surface area contributed by atoms with Crippen molar-refractivity contribution in [2.24, 2.45) is 10.2 Å². The van der Waals surface area contributed by atoms with Crippen LogP contribution in [0.3, 0.4) is 0 Å². The van der Waals surface area contributed by atoms with Gasteiger partial charge in [-0.1, -0.05) is 24.3 Å². The van der Waals surface area contributed by atoms with E-state index in [0.29, 0.717) is 12.1 Å². The van der Waals surface area contributed by atoms with Gasteiger partial charge in [0.2, 0.25) is 0 Å². The monoisotopic (exact) mass is 596 g/mol. The summed E-state index contributed by atoms with van der Waals surface area (Å²) >= 11 is 0. The Hall–Kier alpha value is -3.04. The van der Waals surface area contributed by atoms with Crippen LogP contribution in [0.4, 0.5) is 11.4 Å². The molecule has 0 heterocycles. The lowest BCUT2D eigenvalue weighted by Crippen LogP contribution is -2.15. The van der Waals surface area contributed by atoms with Crippen LogP contribution < -0.4 is 0 Å².